The summed E-state index contributed by atoms with van der Waals surface area (Å²) in [6.07, 6.45) is 5.07. The SMILES string of the molecule is COc1ccc(-c2ccc(C([NH3+])=O)cc2)cc1CN(C(=O)c1sc2cccc(F)c2c1Cl)C1CCCCC1. The minimum atomic E-state index is -0.423. The van der Waals surface area contributed by atoms with Gasteiger partial charge in [-0.05, 0) is 60.4 Å². The standard InChI is InChI=1S/C30H28ClFN2O3S/c1-37-24-15-14-20(18-10-12-19(13-11-18)29(33)35)16-21(24)17-34(22-6-3-2-4-7-22)30(36)28-27(31)26-23(32)8-5-9-25(26)38-28/h5,8-16,22H,2-4,6-7,17H2,1H3,(H2,33,35)/p+1. The number of carbonyl (C=O) groups is 2. The number of fused-ring (bicyclic) bond motifs is 1. The minimum Gasteiger partial charge on any atom is -0.496 e. The molecule has 1 aliphatic carbocycles. The van der Waals surface area contributed by atoms with Crippen LogP contribution < -0.4 is 10.5 Å². The molecular weight excluding hydrogens is 523 g/mol. The van der Waals surface area contributed by atoms with E-state index in [9.17, 15) is 14.0 Å². The average molecular weight is 552 g/mol. The molecule has 5 rings (SSSR count). The number of quaternary nitrogens is 1. The van der Waals surface area contributed by atoms with Crippen molar-refractivity contribution in [2.75, 3.05) is 7.11 Å². The second-order valence-electron chi connectivity index (χ2n) is 9.61. The van der Waals surface area contributed by atoms with Crippen LogP contribution >= 0.6 is 22.9 Å². The third-order valence-corrected chi connectivity index (χ3v) is 8.87. The van der Waals surface area contributed by atoms with E-state index >= 15 is 0 Å². The average Bonchev–Trinajstić information content (AvgIpc) is 3.29. The molecule has 0 aliphatic heterocycles. The predicted molar refractivity (Wildman–Crippen MR) is 149 cm³/mol. The highest BCUT2D eigenvalue weighted by Crippen LogP contribution is 2.39. The molecule has 3 aromatic carbocycles. The van der Waals surface area contributed by atoms with Gasteiger partial charge in [0.05, 0.1) is 17.7 Å². The molecule has 0 unspecified atom stereocenters. The van der Waals surface area contributed by atoms with Gasteiger partial charge < -0.3 is 9.64 Å². The highest BCUT2D eigenvalue weighted by Gasteiger charge is 2.31. The molecule has 8 heteroatoms. The number of rotatable bonds is 7. The summed E-state index contributed by atoms with van der Waals surface area (Å²) >= 11 is 7.85. The van der Waals surface area contributed by atoms with Crippen molar-refractivity contribution in [3.63, 3.8) is 0 Å². The number of hydrogen-bond donors (Lipinski definition) is 1. The normalized spacial score (nSPS) is 14.0. The summed E-state index contributed by atoms with van der Waals surface area (Å²) in [6, 6.07) is 18.0. The molecule has 3 N–H and O–H groups in total. The van der Waals surface area contributed by atoms with Gasteiger partial charge in [0.15, 0.2) is 0 Å². The molecule has 4 aromatic rings. The van der Waals surface area contributed by atoms with E-state index in [1.165, 1.54) is 17.4 Å². The highest BCUT2D eigenvalue weighted by molar-refractivity contribution is 7.21. The Morgan fingerprint density at radius 2 is 1.76 bits per heavy atom. The van der Waals surface area contributed by atoms with Gasteiger partial charge in [0.25, 0.3) is 5.91 Å². The fourth-order valence-corrected chi connectivity index (χ4v) is 6.72. The Morgan fingerprint density at radius 1 is 1.05 bits per heavy atom. The van der Waals surface area contributed by atoms with Crippen LogP contribution in [0.3, 0.4) is 0 Å². The molecule has 1 aromatic heterocycles. The Kier molecular flexibility index (Phi) is 7.79. The number of thiophene rings is 1. The Bertz CT molecular complexity index is 1500. The molecule has 0 radical (unpaired) electrons. The molecule has 2 amide bonds. The van der Waals surface area contributed by atoms with Gasteiger partial charge in [-0.1, -0.05) is 55.1 Å². The van der Waals surface area contributed by atoms with E-state index in [0.29, 0.717) is 32.8 Å². The summed E-state index contributed by atoms with van der Waals surface area (Å²) in [5.41, 5.74) is 6.77. The number of hydrogen-bond acceptors (Lipinski definition) is 4. The van der Waals surface area contributed by atoms with Crippen LogP contribution in [0.5, 0.6) is 5.75 Å². The first-order valence-corrected chi connectivity index (χ1v) is 13.9. The van der Waals surface area contributed by atoms with Gasteiger partial charge in [-0.3, -0.25) is 10.5 Å². The monoisotopic (exact) mass is 551 g/mol. The maximum absolute atomic E-state index is 14.6. The summed E-state index contributed by atoms with van der Waals surface area (Å²) in [6.45, 7) is 0.336. The lowest BCUT2D eigenvalue weighted by Crippen LogP contribution is -2.56. The van der Waals surface area contributed by atoms with Crippen LogP contribution in [0.25, 0.3) is 21.2 Å². The van der Waals surface area contributed by atoms with Crippen molar-refractivity contribution in [1.82, 2.24) is 4.90 Å². The molecule has 196 valence electrons. The van der Waals surface area contributed by atoms with Crippen molar-refractivity contribution < 1.29 is 24.5 Å². The Labute approximate surface area is 230 Å². The first kappa shape index (κ1) is 26.4. The van der Waals surface area contributed by atoms with Crippen molar-refractivity contribution in [3.8, 4) is 16.9 Å². The molecule has 1 aliphatic rings. The van der Waals surface area contributed by atoms with Crippen LogP contribution in [0.1, 0.15) is 57.7 Å². The summed E-state index contributed by atoms with van der Waals surface area (Å²) in [7, 11) is 1.62. The Balaban J connectivity index is 1.53. The van der Waals surface area contributed by atoms with Crippen LogP contribution in [0.2, 0.25) is 5.02 Å². The van der Waals surface area contributed by atoms with E-state index in [2.05, 4.69) is 5.73 Å². The number of ether oxygens (including phenoxy) is 1. The molecular formula is C30H29ClFN2O3S+. The van der Waals surface area contributed by atoms with Crippen molar-refractivity contribution in [3.05, 3.63) is 87.5 Å². The van der Waals surface area contributed by atoms with E-state index < -0.39 is 5.82 Å². The van der Waals surface area contributed by atoms with Gasteiger partial charge >= 0.3 is 5.91 Å². The zero-order valence-electron chi connectivity index (χ0n) is 21.1. The lowest BCUT2D eigenvalue weighted by molar-refractivity contribution is -0.255. The molecule has 1 fully saturated rings. The van der Waals surface area contributed by atoms with Gasteiger partial charge in [-0.25, -0.2) is 9.18 Å². The number of amides is 2. The largest absolute Gasteiger partial charge is 0.496 e. The van der Waals surface area contributed by atoms with Crippen LogP contribution in [-0.2, 0) is 6.54 Å². The summed E-state index contributed by atoms with van der Waals surface area (Å²) in [5.74, 6) is -0.157. The van der Waals surface area contributed by atoms with Gasteiger partial charge in [0.1, 0.15) is 16.4 Å². The summed E-state index contributed by atoms with van der Waals surface area (Å²) in [5, 5.41) is 0.476. The second-order valence-corrected chi connectivity index (χ2v) is 11.0. The molecule has 38 heavy (non-hydrogen) atoms. The smallest absolute Gasteiger partial charge is 0.340 e. The van der Waals surface area contributed by atoms with E-state index in [-0.39, 0.29) is 22.9 Å². The molecule has 0 saturated heterocycles. The molecule has 1 saturated carbocycles. The topological polar surface area (TPSA) is 74.2 Å². The van der Waals surface area contributed by atoms with E-state index in [1.54, 1.807) is 31.4 Å². The number of nitrogens with zero attached hydrogens (tertiary/aromatic N) is 1. The van der Waals surface area contributed by atoms with E-state index in [0.717, 1.165) is 48.8 Å². The first-order valence-electron chi connectivity index (χ1n) is 12.7. The first-order chi connectivity index (χ1) is 18.4. The fraction of sp³-hybridized carbons (Fsp3) is 0.267. The lowest BCUT2D eigenvalue weighted by Gasteiger charge is -2.34. The van der Waals surface area contributed by atoms with Crippen LogP contribution in [0, 0.1) is 5.82 Å². The van der Waals surface area contributed by atoms with Crippen LogP contribution in [0.4, 0.5) is 4.39 Å². The predicted octanol–water partition coefficient (Wildman–Crippen LogP) is 6.73. The lowest BCUT2D eigenvalue weighted by atomic mass is 9.93. The van der Waals surface area contributed by atoms with E-state index in [4.69, 9.17) is 16.3 Å². The highest BCUT2D eigenvalue weighted by atomic mass is 35.5. The second kappa shape index (κ2) is 11.2. The molecule has 0 bridgehead atoms. The zero-order chi connectivity index (χ0) is 26.8. The maximum Gasteiger partial charge on any atom is 0.340 e. The van der Waals surface area contributed by atoms with Gasteiger partial charge in [0, 0.05) is 28.2 Å². The minimum absolute atomic E-state index is 0.0538. The Morgan fingerprint density at radius 3 is 2.42 bits per heavy atom. The summed E-state index contributed by atoms with van der Waals surface area (Å²) < 4.78 is 20.9. The van der Waals surface area contributed by atoms with Crippen molar-refractivity contribution >= 4 is 44.8 Å². The van der Waals surface area contributed by atoms with Crippen molar-refractivity contribution in [1.29, 1.82) is 0 Å². The van der Waals surface area contributed by atoms with E-state index in [1.807, 2.05) is 35.2 Å². The molecule has 0 spiro atoms. The number of benzene rings is 3. The quantitative estimate of drug-likeness (QED) is 0.277. The molecule has 0 atom stereocenters. The third-order valence-electron chi connectivity index (χ3n) is 7.24. The number of carbonyl (C=O) groups excluding carboxylic acids is 2. The third kappa shape index (κ3) is 5.19. The maximum atomic E-state index is 14.6. The number of methoxy groups -OCH3 is 1. The van der Waals surface area contributed by atoms with Crippen LogP contribution in [-0.4, -0.2) is 29.9 Å². The van der Waals surface area contributed by atoms with Gasteiger partial charge in [-0.15, -0.1) is 11.3 Å². The zero-order valence-corrected chi connectivity index (χ0v) is 22.7. The van der Waals surface area contributed by atoms with Crippen molar-refractivity contribution in [2.24, 2.45) is 0 Å². The Hall–Kier alpha value is -3.26. The summed E-state index contributed by atoms with van der Waals surface area (Å²) in [4.78, 5) is 27.9. The fourth-order valence-electron chi connectivity index (χ4n) is 5.21. The van der Waals surface area contributed by atoms with Gasteiger partial charge in [0.2, 0.25) is 0 Å². The van der Waals surface area contributed by atoms with Crippen molar-refractivity contribution in [2.45, 2.75) is 44.7 Å². The molecule has 1 heterocycles. The molecule has 5 nitrogen and oxygen atoms in total. The van der Waals surface area contributed by atoms with Gasteiger partial charge in [-0.2, -0.15) is 0 Å². The van der Waals surface area contributed by atoms with Crippen LogP contribution in [0.15, 0.2) is 60.7 Å². The number of halogens is 2.